The van der Waals surface area contributed by atoms with Crippen molar-refractivity contribution in [3.8, 4) is 0 Å². The molecule has 0 saturated carbocycles. The number of carbonyl (C=O) groups is 2. The van der Waals surface area contributed by atoms with E-state index in [0.29, 0.717) is 12.0 Å². The van der Waals surface area contributed by atoms with E-state index in [1.54, 1.807) is 6.08 Å². The molecule has 0 radical (unpaired) electrons. The van der Waals surface area contributed by atoms with Gasteiger partial charge < -0.3 is 0 Å². The van der Waals surface area contributed by atoms with Gasteiger partial charge in [-0.15, -0.1) is 0 Å². The van der Waals surface area contributed by atoms with Crippen LogP contribution in [0.3, 0.4) is 0 Å². The van der Waals surface area contributed by atoms with Crippen LogP contribution >= 0.6 is 0 Å². The van der Waals surface area contributed by atoms with Gasteiger partial charge in [0.25, 0.3) is 0 Å². The summed E-state index contributed by atoms with van der Waals surface area (Å²) in [6.45, 7) is 0. The molecular weight excluding hydrogens is 207 g/mol. The number of hydrogen-bond donors (Lipinski definition) is 0. The lowest BCUT2D eigenvalue weighted by Crippen LogP contribution is -2.24. The van der Waals surface area contributed by atoms with Crippen molar-refractivity contribution in [1.29, 1.82) is 0 Å². The van der Waals surface area contributed by atoms with Crippen LogP contribution in [0.2, 0.25) is 0 Å². The molecular formula is C13H11FO2. The Hall–Kier alpha value is -1.77. The Morgan fingerprint density at radius 2 is 1.94 bits per heavy atom. The van der Waals surface area contributed by atoms with E-state index in [0.717, 1.165) is 6.42 Å². The second kappa shape index (κ2) is 4.39. The maximum Gasteiger partial charge on any atom is 0.173 e. The minimum atomic E-state index is -0.588. The topological polar surface area (TPSA) is 34.1 Å². The molecule has 0 saturated heterocycles. The fourth-order valence-corrected chi connectivity index (χ4v) is 1.80. The number of rotatable bonds is 2. The van der Waals surface area contributed by atoms with Gasteiger partial charge in [0.05, 0.1) is 5.92 Å². The quantitative estimate of drug-likeness (QED) is 0.564. The molecule has 1 aromatic carbocycles. The molecule has 0 aromatic heterocycles. The number of ketones is 2. The Kier molecular flexibility index (Phi) is 2.95. The van der Waals surface area contributed by atoms with E-state index in [-0.39, 0.29) is 17.4 Å². The minimum Gasteiger partial charge on any atom is -0.294 e. The molecule has 1 unspecified atom stereocenters. The van der Waals surface area contributed by atoms with E-state index in [4.69, 9.17) is 0 Å². The normalized spacial score (nSPS) is 19.8. The SMILES string of the molecule is O=C1C=CCCC1C(=O)c1ccc(F)cc1. The van der Waals surface area contributed by atoms with Crippen molar-refractivity contribution in [2.45, 2.75) is 12.8 Å². The van der Waals surface area contributed by atoms with Crippen LogP contribution in [-0.4, -0.2) is 11.6 Å². The standard InChI is InChI=1S/C13H11FO2/c14-10-7-5-9(6-8-10)13(16)11-3-1-2-4-12(11)15/h2,4-8,11H,1,3H2. The van der Waals surface area contributed by atoms with Crippen LogP contribution in [0.4, 0.5) is 4.39 Å². The second-order valence-electron chi connectivity index (χ2n) is 3.81. The van der Waals surface area contributed by atoms with Crippen molar-refractivity contribution < 1.29 is 14.0 Å². The fraction of sp³-hybridized carbons (Fsp3) is 0.231. The zero-order valence-electron chi connectivity index (χ0n) is 8.65. The van der Waals surface area contributed by atoms with E-state index in [2.05, 4.69) is 0 Å². The highest BCUT2D eigenvalue weighted by atomic mass is 19.1. The van der Waals surface area contributed by atoms with Gasteiger partial charge in [-0.3, -0.25) is 9.59 Å². The van der Waals surface area contributed by atoms with Gasteiger partial charge in [0.15, 0.2) is 11.6 Å². The average molecular weight is 218 g/mol. The molecule has 0 N–H and O–H groups in total. The summed E-state index contributed by atoms with van der Waals surface area (Å²) in [5.74, 6) is -1.34. The van der Waals surface area contributed by atoms with Crippen LogP contribution in [0.15, 0.2) is 36.4 Å². The van der Waals surface area contributed by atoms with E-state index in [9.17, 15) is 14.0 Å². The number of hydrogen-bond acceptors (Lipinski definition) is 2. The van der Waals surface area contributed by atoms with Crippen molar-refractivity contribution in [2.75, 3.05) is 0 Å². The van der Waals surface area contributed by atoms with Crippen molar-refractivity contribution in [1.82, 2.24) is 0 Å². The van der Waals surface area contributed by atoms with E-state index in [1.807, 2.05) is 0 Å². The number of Topliss-reactive ketones (excluding diaryl/α,β-unsaturated/α-hetero) is 1. The smallest absolute Gasteiger partial charge is 0.173 e. The zero-order chi connectivity index (χ0) is 11.5. The maximum absolute atomic E-state index is 12.7. The molecule has 0 heterocycles. The van der Waals surface area contributed by atoms with Gasteiger partial charge in [-0.1, -0.05) is 6.08 Å². The van der Waals surface area contributed by atoms with Gasteiger partial charge in [-0.05, 0) is 43.2 Å². The molecule has 0 bridgehead atoms. The minimum absolute atomic E-state index is 0.152. The van der Waals surface area contributed by atoms with E-state index >= 15 is 0 Å². The molecule has 1 aliphatic carbocycles. The number of carbonyl (C=O) groups excluding carboxylic acids is 2. The molecule has 1 aromatic rings. The van der Waals surface area contributed by atoms with Crippen LogP contribution in [0.1, 0.15) is 23.2 Å². The highest BCUT2D eigenvalue weighted by Gasteiger charge is 2.26. The fourth-order valence-electron chi connectivity index (χ4n) is 1.80. The first kappa shape index (κ1) is 10.7. The predicted octanol–water partition coefficient (Wildman–Crippen LogP) is 2.54. The molecule has 0 fully saturated rings. The van der Waals surface area contributed by atoms with Gasteiger partial charge in [-0.25, -0.2) is 4.39 Å². The predicted molar refractivity (Wildman–Crippen MR) is 57.6 cm³/mol. The largest absolute Gasteiger partial charge is 0.294 e. The molecule has 1 atom stereocenters. The van der Waals surface area contributed by atoms with Crippen LogP contribution in [0.25, 0.3) is 0 Å². The first-order valence-electron chi connectivity index (χ1n) is 5.18. The third-order valence-corrected chi connectivity index (χ3v) is 2.69. The summed E-state index contributed by atoms with van der Waals surface area (Å²) in [6, 6.07) is 5.30. The maximum atomic E-state index is 12.7. The lowest BCUT2D eigenvalue weighted by atomic mass is 9.86. The molecule has 3 heteroatoms. The highest BCUT2D eigenvalue weighted by Crippen LogP contribution is 2.20. The van der Waals surface area contributed by atoms with Crippen LogP contribution in [-0.2, 0) is 4.79 Å². The van der Waals surface area contributed by atoms with Crippen molar-refractivity contribution in [2.24, 2.45) is 5.92 Å². The average Bonchev–Trinajstić information content (AvgIpc) is 2.30. The summed E-state index contributed by atoms with van der Waals surface area (Å²) < 4.78 is 12.7. The molecule has 82 valence electrons. The molecule has 2 rings (SSSR count). The number of halogens is 1. The first-order valence-corrected chi connectivity index (χ1v) is 5.18. The van der Waals surface area contributed by atoms with E-state index < -0.39 is 5.92 Å². The Balaban J connectivity index is 2.22. The van der Waals surface area contributed by atoms with Crippen molar-refractivity contribution >= 4 is 11.6 Å². The first-order chi connectivity index (χ1) is 7.68. The van der Waals surface area contributed by atoms with Crippen LogP contribution in [0.5, 0.6) is 0 Å². The Bertz CT molecular complexity index is 446. The van der Waals surface area contributed by atoms with Crippen LogP contribution in [0, 0.1) is 11.7 Å². The molecule has 16 heavy (non-hydrogen) atoms. The monoisotopic (exact) mass is 218 g/mol. The van der Waals surface area contributed by atoms with Gasteiger partial charge >= 0.3 is 0 Å². The van der Waals surface area contributed by atoms with Crippen LogP contribution < -0.4 is 0 Å². The third-order valence-electron chi connectivity index (χ3n) is 2.69. The summed E-state index contributed by atoms with van der Waals surface area (Å²) in [6.07, 6.45) is 4.52. The Labute approximate surface area is 92.8 Å². The number of benzene rings is 1. The van der Waals surface area contributed by atoms with Gasteiger partial charge in [0.1, 0.15) is 5.82 Å². The summed E-state index contributed by atoms with van der Waals surface area (Å²) in [4.78, 5) is 23.4. The van der Waals surface area contributed by atoms with E-state index in [1.165, 1.54) is 30.3 Å². The molecule has 0 aliphatic heterocycles. The Morgan fingerprint density at radius 1 is 1.25 bits per heavy atom. The molecule has 0 spiro atoms. The molecule has 1 aliphatic rings. The lowest BCUT2D eigenvalue weighted by molar-refractivity contribution is -0.117. The second-order valence-corrected chi connectivity index (χ2v) is 3.81. The molecule has 0 amide bonds. The summed E-state index contributed by atoms with van der Waals surface area (Å²) >= 11 is 0. The zero-order valence-corrected chi connectivity index (χ0v) is 8.65. The van der Waals surface area contributed by atoms with Crippen molar-refractivity contribution in [3.05, 3.63) is 47.8 Å². The number of allylic oxidation sites excluding steroid dienone is 2. The van der Waals surface area contributed by atoms with Crippen molar-refractivity contribution in [3.63, 3.8) is 0 Å². The summed E-state index contributed by atoms with van der Waals surface area (Å²) in [5, 5.41) is 0. The summed E-state index contributed by atoms with van der Waals surface area (Å²) in [5.41, 5.74) is 0.398. The van der Waals surface area contributed by atoms with Gasteiger partial charge in [0.2, 0.25) is 0 Å². The van der Waals surface area contributed by atoms with Gasteiger partial charge in [-0.2, -0.15) is 0 Å². The lowest BCUT2D eigenvalue weighted by Gasteiger charge is -2.15. The highest BCUT2D eigenvalue weighted by molar-refractivity contribution is 6.14. The van der Waals surface area contributed by atoms with Gasteiger partial charge in [0, 0.05) is 5.56 Å². The Morgan fingerprint density at radius 3 is 2.56 bits per heavy atom. The summed E-state index contributed by atoms with van der Waals surface area (Å²) in [7, 11) is 0. The molecule has 2 nitrogen and oxygen atoms in total. The third kappa shape index (κ3) is 2.08.